The van der Waals surface area contributed by atoms with E-state index in [-0.39, 0.29) is 11.9 Å². The van der Waals surface area contributed by atoms with Gasteiger partial charge in [-0.25, -0.2) is 9.97 Å². The van der Waals surface area contributed by atoms with Crippen molar-refractivity contribution in [3.8, 4) is 0 Å². The number of rotatable bonds is 2. The summed E-state index contributed by atoms with van der Waals surface area (Å²) in [6.45, 7) is 1.09. The molecule has 1 amide bonds. The lowest BCUT2D eigenvalue weighted by atomic mass is 10.1. The number of hydrogen-bond donors (Lipinski definition) is 2. The minimum Gasteiger partial charge on any atom is -0.346 e. The molecule has 98 valence electrons. The number of aromatic nitrogens is 3. The van der Waals surface area contributed by atoms with Gasteiger partial charge in [0, 0.05) is 30.5 Å². The van der Waals surface area contributed by atoms with Crippen molar-refractivity contribution >= 4 is 11.6 Å². The van der Waals surface area contributed by atoms with Gasteiger partial charge in [0.05, 0.1) is 0 Å². The number of nitrogens with zero attached hydrogens (tertiary/aromatic N) is 3. The maximum absolute atomic E-state index is 12.2. The number of piperidine rings is 1. The summed E-state index contributed by atoms with van der Waals surface area (Å²) in [5.41, 5.74) is 1.17. The first-order valence-corrected chi connectivity index (χ1v) is 6.62. The molecule has 1 saturated heterocycles. The van der Waals surface area contributed by atoms with E-state index in [1.165, 1.54) is 6.42 Å². The van der Waals surface area contributed by atoms with Crippen molar-refractivity contribution in [3.63, 3.8) is 0 Å². The van der Waals surface area contributed by atoms with Gasteiger partial charge in [-0.2, -0.15) is 0 Å². The number of nitrogens with one attached hydrogen (secondary N) is 2. The third-order valence-electron chi connectivity index (χ3n) is 4.16. The molecule has 3 unspecified atom stereocenters. The van der Waals surface area contributed by atoms with Crippen LogP contribution in [0.25, 0.3) is 5.65 Å². The van der Waals surface area contributed by atoms with Crippen molar-refractivity contribution in [2.75, 3.05) is 6.54 Å². The fraction of sp³-hybridized carbons (Fsp3) is 0.462. The second-order valence-electron chi connectivity index (χ2n) is 5.40. The topological polar surface area (TPSA) is 71.3 Å². The summed E-state index contributed by atoms with van der Waals surface area (Å²) in [7, 11) is 0. The summed E-state index contributed by atoms with van der Waals surface area (Å²) < 4.78 is 1.79. The van der Waals surface area contributed by atoms with Gasteiger partial charge in [-0.05, 0) is 25.3 Å². The summed E-state index contributed by atoms with van der Waals surface area (Å²) >= 11 is 0. The molecule has 6 nitrogen and oxygen atoms in total. The molecule has 1 aliphatic heterocycles. The van der Waals surface area contributed by atoms with Crippen molar-refractivity contribution in [1.29, 1.82) is 0 Å². The van der Waals surface area contributed by atoms with Crippen LogP contribution in [0.1, 0.15) is 23.3 Å². The number of fused-ring (bicyclic) bond motifs is 3. The number of carbonyl (C=O) groups excluding carboxylic acids is 1. The van der Waals surface area contributed by atoms with E-state index < -0.39 is 0 Å². The van der Waals surface area contributed by atoms with E-state index in [4.69, 9.17) is 0 Å². The van der Waals surface area contributed by atoms with Crippen LogP contribution < -0.4 is 10.6 Å². The highest BCUT2D eigenvalue weighted by Crippen LogP contribution is 2.31. The predicted octanol–water partition coefficient (Wildman–Crippen LogP) is 0.209. The van der Waals surface area contributed by atoms with Gasteiger partial charge < -0.3 is 10.6 Å². The molecule has 3 atom stereocenters. The molecule has 0 aromatic carbocycles. The SMILES string of the molecule is O=C(NC1CC2CNC1C2)c1cc2nccn2cn1. The average molecular weight is 257 g/mol. The lowest BCUT2D eigenvalue weighted by Crippen LogP contribution is -2.48. The highest BCUT2D eigenvalue weighted by atomic mass is 16.2. The average Bonchev–Trinajstić information content (AvgIpc) is 3.13. The molecule has 2 aliphatic rings. The number of carbonyl (C=O) groups is 1. The Balaban J connectivity index is 1.53. The normalized spacial score (nSPS) is 28.9. The van der Waals surface area contributed by atoms with Gasteiger partial charge in [0.2, 0.25) is 0 Å². The monoisotopic (exact) mass is 257 g/mol. The largest absolute Gasteiger partial charge is 0.346 e. The van der Waals surface area contributed by atoms with Crippen LogP contribution in [-0.2, 0) is 0 Å². The minimum atomic E-state index is -0.107. The van der Waals surface area contributed by atoms with E-state index in [1.54, 1.807) is 23.0 Å². The van der Waals surface area contributed by atoms with Crippen molar-refractivity contribution in [3.05, 3.63) is 30.5 Å². The molecule has 2 aromatic heterocycles. The lowest BCUT2D eigenvalue weighted by molar-refractivity contribution is 0.0923. The van der Waals surface area contributed by atoms with E-state index in [0.717, 1.165) is 24.5 Å². The summed E-state index contributed by atoms with van der Waals surface area (Å²) in [6, 6.07) is 2.39. The molecule has 0 radical (unpaired) electrons. The molecule has 3 heterocycles. The zero-order valence-electron chi connectivity index (χ0n) is 10.4. The first-order valence-electron chi connectivity index (χ1n) is 6.62. The highest BCUT2D eigenvalue weighted by Gasteiger charge is 2.40. The van der Waals surface area contributed by atoms with Crippen molar-refractivity contribution in [2.45, 2.75) is 24.9 Å². The highest BCUT2D eigenvalue weighted by molar-refractivity contribution is 5.93. The van der Waals surface area contributed by atoms with Crippen molar-refractivity contribution in [2.24, 2.45) is 5.92 Å². The lowest BCUT2D eigenvalue weighted by Gasteiger charge is -2.23. The predicted molar refractivity (Wildman–Crippen MR) is 68.8 cm³/mol. The second-order valence-corrected chi connectivity index (χ2v) is 5.40. The van der Waals surface area contributed by atoms with Gasteiger partial charge in [0.15, 0.2) is 0 Å². The molecule has 2 bridgehead atoms. The van der Waals surface area contributed by atoms with Crippen LogP contribution >= 0.6 is 0 Å². The Bertz CT molecular complexity index is 637. The Morgan fingerprint density at radius 3 is 3.16 bits per heavy atom. The molecule has 2 fully saturated rings. The molecule has 4 rings (SSSR count). The van der Waals surface area contributed by atoms with E-state index >= 15 is 0 Å². The van der Waals surface area contributed by atoms with Crippen LogP contribution in [0.2, 0.25) is 0 Å². The summed E-state index contributed by atoms with van der Waals surface area (Å²) in [4.78, 5) is 20.5. The van der Waals surface area contributed by atoms with Crippen molar-refractivity contribution in [1.82, 2.24) is 25.0 Å². The van der Waals surface area contributed by atoms with E-state index in [1.807, 2.05) is 6.20 Å². The van der Waals surface area contributed by atoms with Crippen LogP contribution in [0.5, 0.6) is 0 Å². The van der Waals surface area contributed by atoms with Gasteiger partial charge in [0.1, 0.15) is 17.7 Å². The quantitative estimate of drug-likeness (QED) is 0.807. The Morgan fingerprint density at radius 2 is 2.37 bits per heavy atom. The van der Waals surface area contributed by atoms with Crippen LogP contribution in [0.3, 0.4) is 0 Å². The molecular weight excluding hydrogens is 242 g/mol. The summed E-state index contributed by atoms with van der Waals surface area (Å²) in [5, 5.41) is 6.52. The minimum absolute atomic E-state index is 0.107. The molecule has 2 N–H and O–H groups in total. The van der Waals surface area contributed by atoms with E-state index in [2.05, 4.69) is 20.6 Å². The Morgan fingerprint density at radius 1 is 1.42 bits per heavy atom. The third-order valence-corrected chi connectivity index (χ3v) is 4.16. The Labute approximate surface area is 110 Å². The second kappa shape index (κ2) is 4.03. The van der Waals surface area contributed by atoms with Gasteiger partial charge in [0.25, 0.3) is 5.91 Å². The Kier molecular flexibility index (Phi) is 2.32. The zero-order chi connectivity index (χ0) is 12.8. The van der Waals surface area contributed by atoms with Crippen LogP contribution in [0.4, 0.5) is 0 Å². The van der Waals surface area contributed by atoms with E-state index in [0.29, 0.717) is 11.7 Å². The van der Waals surface area contributed by atoms with E-state index in [9.17, 15) is 4.79 Å². The fourth-order valence-electron chi connectivity index (χ4n) is 3.20. The molecule has 6 heteroatoms. The first-order chi connectivity index (χ1) is 9.29. The maximum atomic E-state index is 12.2. The summed E-state index contributed by atoms with van der Waals surface area (Å²) in [6.07, 6.45) is 7.38. The van der Waals surface area contributed by atoms with Crippen molar-refractivity contribution < 1.29 is 4.79 Å². The molecule has 2 aromatic rings. The van der Waals surface area contributed by atoms with Gasteiger partial charge in [-0.1, -0.05) is 0 Å². The van der Waals surface area contributed by atoms with Gasteiger partial charge >= 0.3 is 0 Å². The van der Waals surface area contributed by atoms with Gasteiger partial charge in [-0.3, -0.25) is 9.20 Å². The molecular formula is C13H15N5O. The van der Waals surface area contributed by atoms with Gasteiger partial charge in [-0.15, -0.1) is 0 Å². The fourth-order valence-corrected chi connectivity index (χ4v) is 3.20. The number of imidazole rings is 1. The molecule has 19 heavy (non-hydrogen) atoms. The van der Waals surface area contributed by atoms with Crippen LogP contribution in [0.15, 0.2) is 24.8 Å². The molecule has 1 aliphatic carbocycles. The first kappa shape index (κ1) is 10.9. The third kappa shape index (κ3) is 1.79. The molecule has 0 spiro atoms. The standard InChI is InChI=1S/C13H15N5O/c19-13(17-10-4-8-3-9(10)15-6-8)11-5-12-14-1-2-18(12)7-16-11/h1-2,5,7-10,15H,3-4,6H2,(H,17,19). The zero-order valence-corrected chi connectivity index (χ0v) is 10.4. The Hall–Kier alpha value is -1.95. The smallest absolute Gasteiger partial charge is 0.270 e. The maximum Gasteiger partial charge on any atom is 0.270 e. The molecule has 1 saturated carbocycles. The summed E-state index contributed by atoms with van der Waals surface area (Å²) in [5.74, 6) is 0.614. The number of amides is 1. The number of hydrogen-bond acceptors (Lipinski definition) is 4. The van der Waals surface area contributed by atoms with Crippen LogP contribution in [-0.4, -0.2) is 38.9 Å². The van der Waals surface area contributed by atoms with Crippen LogP contribution in [0, 0.1) is 5.92 Å².